The van der Waals surface area contributed by atoms with Crippen molar-refractivity contribution in [2.45, 2.75) is 19.1 Å². The zero-order chi connectivity index (χ0) is 9.47. The van der Waals surface area contributed by atoms with E-state index in [-0.39, 0.29) is 0 Å². The lowest BCUT2D eigenvalue weighted by molar-refractivity contribution is 0.173. The van der Waals surface area contributed by atoms with Crippen LogP contribution in [0.5, 0.6) is 0 Å². The van der Waals surface area contributed by atoms with E-state index < -0.39 is 5.67 Å². The van der Waals surface area contributed by atoms with Crippen LogP contribution in [-0.4, -0.2) is 6.54 Å². The van der Waals surface area contributed by atoms with Gasteiger partial charge in [-0.1, -0.05) is 22.0 Å². The second-order valence-corrected chi connectivity index (χ2v) is 4.52. The Morgan fingerprint density at radius 1 is 1.54 bits per heavy atom. The molecule has 0 bridgehead atoms. The number of alkyl halides is 1. The third-order valence-electron chi connectivity index (χ3n) is 2.41. The number of benzene rings is 1. The molecule has 70 valence electrons. The van der Waals surface area contributed by atoms with Crippen molar-refractivity contribution >= 4 is 15.9 Å². The van der Waals surface area contributed by atoms with Crippen LogP contribution in [0.25, 0.3) is 0 Å². The van der Waals surface area contributed by atoms with Crippen molar-refractivity contribution in [3.05, 3.63) is 33.8 Å². The molecule has 13 heavy (non-hydrogen) atoms. The molecular weight excluding hydrogens is 233 g/mol. The number of nitrogens with one attached hydrogen (secondary N) is 1. The summed E-state index contributed by atoms with van der Waals surface area (Å²) in [5, 5.41) is 3.06. The maximum atomic E-state index is 14.0. The molecule has 3 heteroatoms. The Morgan fingerprint density at radius 3 is 3.08 bits per heavy atom. The SMILES string of the molecule is CC1(F)CNCc2ccc(Br)cc21. The molecule has 1 N–H and O–H groups in total. The fraction of sp³-hybridized carbons (Fsp3) is 0.400. The van der Waals surface area contributed by atoms with Gasteiger partial charge >= 0.3 is 0 Å². The monoisotopic (exact) mass is 243 g/mol. The molecule has 0 aromatic heterocycles. The molecule has 1 aliphatic rings. The average Bonchev–Trinajstić information content (AvgIpc) is 2.06. The summed E-state index contributed by atoms with van der Waals surface area (Å²) in [5.74, 6) is 0. The van der Waals surface area contributed by atoms with E-state index in [2.05, 4.69) is 21.2 Å². The highest BCUT2D eigenvalue weighted by molar-refractivity contribution is 9.10. The first kappa shape index (κ1) is 9.16. The van der Waals surface area contributed by atoms with E-state index in [1.165, 1.54) is 0 Å². The molecule has 0 amide bonds. The molecule has 0 spiro atoms. The van der Waals surface area contributed by atoms with Crippen LogP contribution in [-0.2, 0) is 12.2 Å². The molecule has 1 nitrogen and oxygen atoms in total. The number of rotatable bonds is 0. The van der Waals surface area contributed by atoms with Crippen LogP contribution in [0.4, 0.5) is 4.39 Å². The lowest BCUT2D eigenvalue weighted by atomic mass is 9.90. The molecule has 1 aliphatic heterocycles. The van der Waals surface area contributed by atoms with Crippen LogP contribution >= 0.6 is 15.9 Å². The van der Waals surface area contributed by atoms with E-state index in [4.69, 9.17) is 0 Å². The fourth-order valence-corrected chi connectivity index (χ4v) is 2.08. The summed E-state index contributed by atoms with van der Waals surface area (Å²) in [6, 6.07) is 5.78. The first-order chi connectivity index (χ1) is 6.09. The van der Waals surface area contributed by atoms with E-state index >= 15 is 0 Å². The molecule has 2 rings (SSSR count). The predicted octanol–water partition coefficient (Wildman–Crippen LogP) is 2.74. The van der Waals surface area contributed by atoms with E-state index in [0.717, 1.165) is 22.1 Å². The van der Waals surface area contributed by atoms with Gasteiger partial charge in [0.25, 0.3) is 0 Å². The normalized spacial score (nSPS) is 27.0. The van der Waals surface area contributed by atoms with Crippen LogP contribution in [0.1, 0.15) is 18.1 Å². The first-order valence-electron chi connectivity index (χ1n) is 4.28. The summed E-state index contributed by atoms with van der Waals surface area (Å²) in [5.41, 5.74) is 0.622. The van der Waals surface area contributed by atoms with Crippen molar-refractivity contribution in [3.8, 4) is 0 Å². The molecule has 1 aromatic carbocycles. The molecule has 1 atom stereocenters. The Kier molecular flexibility index (Phi) is 2.16. The van der Waals surface area contributed by atoms with Crippen molar-refractivity contribution in [3.63, 3.8) is 0 Å². The summed E-state index contributed by atoms with van der Waals surface area (Å²) in [6.45, 7) is 2.78. The molecule has 0 saturated carbocycles. The van der Waals surface area contributed by atoms with Crippen LogP contribution in [0.3, 0.4) is 0 Å². The highest BCUT2D eigenvalue weighted by atomic mass is 79.9. The molecule has 1 aromatic rings. The summed E-state index contributed by atoms with van der Waals surface area (Å²) in [4.78, 5) is 0. The van der Waals surface area contributed by atoms with Gasteiger partial charge in [0, 0.05) is 17.6 Å². The zero-order valence-corrected chi connectivity index (χ0v) is 8.99. The van der Waals surface area contributed by atoms with Crippen LogP contribution in [0.15, 0.2) is 22.7 Å². The smallest absolute Gasteiger partial charge is 0.145 e. The summed E-state index contributed by atoms with van der Waals surface area (Å²) in [6.07, 6.45) is 0. The zero-order valence-electron chi connectivity index (χ0n) is 7.40. The summed E-state index contributed by atoms with van der Waals surface area (Å²) < 4.78 is 14.9. The number of halogens is 2. The summed E-state index contributed by atoms with van der Waals surface area (Å²) in [7, 11) is 0. The van der Waals surface area contributed by atoms with Crippen molar-refractivity contribution in [2.75, 3.05) is 6.54 Å². The van der Waals surface area contributed by atoms with Crippen LogP contribution < -0.4 is 5.32 Å². The lowest BCUT2D eigenvalue weighted by Gasteiger charge is -2.29. The van der Waals surface area contributed by atoms with Gasteiger partial charge in [-0.25, -0.2) is 4.39 Å². The van der Waals surface area contributed by atoms with Crippen LogP contribution in [0.2, 0.25) is 0 Å². The molecule has 0 radical (unpaired) electrons. The van der Waals surface area contributed by atoms with Gasteiger partial charge in [0.1, 0.15) is 5.67 Å². The third kappa shape index (κ3) is 1.63. The van der Waals surface area contributed by atoms with Gasteiger partial charge in [0.05, 0.1) is 0 Å². The molecule has 1 unspecified atom stereocenters. The Hall–Kier alpha value is -0.410. The number of hydrogen-bond acceptors (Lipinski definition) is 1. The second-order valence-electron chi connectivity index (χ2n) is 3.60. The Morgan fingerprint density at radius 2 is 2.31 bits per heavy atom. The minimum atomic E-state index is -1.24. The van der Waals surface area contributed by atoms with Gasteiger partial charge in [-0.15, -0.1) is 0 Å². The maximum absolute atomic E-state index is 14.0. The minimum Gasteiger partial charge on any atom is -0.309 e. The first-order valence-corrected chi connectivity index (χ1v) is 5.07. The summed E-state index contributed by atoms with van der Waals surface area (Å²) >= 11 is 3.35. The van der Waals surface area contributed by atoms with Crippen LogP contribution in [0, 0.1) is 0 Å². The van der Waals surface area contributed by atoms with Gasteiger partial charge in [-0.05, 0) is 30.2 Å². The largest absolute Gasteiger partial charge is 0.309 e. The average molecular weight is 244 g/mol. The standard InChI is InChI=1S/C10H11BrFN/c1-10(12)6-13-5-7-2-3-8(11)4-9(7)10/h2-4,13H,5-6H2,1H3. The molecular formula is C10H11BrFN. The van der Waals surface area contributed by atoms with Crippen molar-refractivity contribution < 1.29 is 4.39 Å². The van der Waals surface area contributed by atoms with E-state index in [9.17, 15) is 4.39 Å². The Balaban J connectivity index is 2.55. The van der Waals surface area contributed by atoms with Gasteiger partial charge in [-0.2, -0.15) is 0 Å². The molecule has 1 heterocycles. The number of fused-ring (bicyclic) bond motifs is 1. The highest BCUT2D eigenvalue weighted by Crippen LogP contribution is 2.32. The highest BCUT2D eigenvalue weighted by Gasteiger charge is 2.31. The number of hydrogen-bond donors (Lipinski definition) is 1. The van der Waals surface area contributed by atoms with Gasteiger partial charge in [-0.3, -0.25) is 0 Å². The van der Waals surface area contributed by atoms with Crippen molar-refractivity contribution in [1.82, 2.24) is 5.32 Å². The van der Waals surface area contributed by atoms with Gasteiger partial charge in [0.15, 0.2) is 0 Å². The fourth-order valence-electron chi connectivity index (χ4n) is 1.72. The maximum Gasteiger partial charge on any atom is 0.145 e. The quantitative estimate of drug-likeness (QED) is 0.739. The molecule has 0 fully saturated rings. The second kappa shape index (κ2) is 3.07. The minimum absolute atomic E-state index is 0.399. The Labute approximate surface area is 85.5 Å². The lowest BCUT2D eigenvalue weighted by Crippen LogP contribution is -2.37. The van der Waals surface area contributed by atoms with Crippen molar-refractivity contribution in [2.24, 2.45) is 0 Å². The molecule has 0 saturated heterocycles. The Bertz CT molecular complexity index is 336. The van der Waals surface area contributed by atoms with E-state index in [1.807, 2.05) is 18.2 Å². The van der Waals surface area contributed by atoms with Gasteiger partial charge < -0.3 is 5.32 Å². The topological polar surface area (TPSA) is 12.0 Å². The van der Waals surface area contributed by atoms with Gasteiger partial charge in [0.2, 0.25) is 0 Å². The molecule has 0 aliphatic carbocycles. The van der Waals surface area contributed by atoms with E-state index in [0.29, 0.717) is 6.54 Å². The van der Waals surface area contributed by atoms with E-state index in [1.54, 1.807) is 6.92 Å². The predicted molar refractivity (Wildman–Crippen MR) is 54.3 cm³/mol. The third-order valence-corrected chi connectivity index (χ3v) is 2.90. The van der Waals surface area contributed by atoms with Crippen molar-refractivity contribution in [1.29, 1.82) is 0 Å².